The number of carbonyl (C=O) groups excluding carboxylic acids is 2. The summed E-state index contributed by atoms with van der Waals surface area (Å²) < 4.78 is 5.59. The summed E-state index contributed by atoms with van der Waals surface area (Å²) in [7, 11) is 1.34. The zero-order valence-corrected chi connectivity index (χ0v) is 14.4. The van der Waals surface area contributed by atoms with E-state index in [4.69, 9.17) is 0 Å². The van der Waals surface area contributed by atoms with Crippen molar-refractivity contribution in [3.8, 4) is 10.7 Å². The van der Waals surface area contributed by atoms with Crippen LogP contribution in [0, 0.1) is 0 Å². The van der Waals surface area contributed by atoms with Crippen LogP contribution in [0.3, 0.4) is 0 Å². The monoisotopic (exact) mass is 356 g/mol. The molecule has 0 radical (unpaired) electrons. The fourth-order valence-corrected chi connectivity index (χ4v) is 3.22. The Morgan fingerprint density at radius 2 is 2.00 bits per heavy atom. The highest BCUT2D eigenvalue weighted by molar-refractivity contribution is 7.21. The van der Waals surface area contributed by atoms with E-state index in [1.807, 2.05) is 24.3 Å². The Morgan fingerprint density at radius 1 is 1.20 bits per heavy atom. The van der Waals surface area contributed by atoms with Crippen LogP contribution in [0.5, 0.6) is 0 Å². The second-order valence-corrected chi connectivity index (χ2v) is 6.21. The van der Waals surface area contributed by atoms with Crippen LogP contribution in [0.15, 0.2) is 36.7 Å². The fraction of sp³-hybridized carbons (Fsp3) is 0.235. The van der Waals surface area contributed by atoms with Gasteiger partial charge in [0.1, 0.15) is 10.7 Å². The summed E-state index contributed by atoms with van der Waals surface area (Å²) in [4.78, 5) is 36.5. The summed E-state index contributed by atoms with van der Waals surface area (Å²) in [6.07, 6.45) is 3.76. The summed E-state index contributed by atoms with van der Waals surface area (Å²) in [6.45, 7) is 0.351. The van der Waals surface area contributed by atoms with Gasteiger partial charge in [-0.25, -0.2) is 15.0 Å². The molecule has 0 atom stereocenters. The molecule has 0 spiro atoms. The molecule has 0 unspecified atom stereocenters. The highest BCUT2D eigenvalue weighted by Crippen LogP contribution is 2.29. The molecule has 2 heterocycles. The Bertz CT molecular complexity index is 877. The van der Waals surface area contributed by atoms with Crippen LogP contribution in [0.1, 0.15) is 23.3 Å². The van der Waals surface area contributed by atoms with E-state index in [2.05, 4.69) is 25.0 Å². The molecule has 2 aromatic heterocycles. The third-order valence-corrected chi connectivity index (χ3v) is 4.52. The van der Waals surface area contributed by atoms with Crippen molar-refractivity contribution in [1.29, 1.82) is 0 Å². The van der Waals surface area contributed by atoms with E-state index >= 15 is 0 Å². The molecule has 0 fully saturated rings. The van der Waals surface area contributed by atoms with Crippen LogP contribution in [0.25, 0.3) is 20.9 Å². The van der Waals surface area contributed by atoms with Gasteiger partial charge < -0.3 is 10.1 Å². The standard InChI is InChI=1S/C17H16N4O3S/c1-24-13(22)7-4-8-20-16(23)14-15(19-10-9-18-14)17-21-11-5-2-3-6-12(11)25-17/h2-3,5-6,9-10H,4,7-8H2,1H3,(H,20,23). The molecule has 0 saturated carbocycles. The second kappa shape index (κ2) is 7.80. The van der Waals surface area contributed by atoms with E-state index in [1.54, 1.807) is 0 Å². The van der Waals surface area contributed by atoms with Crippen LogP contribution in [-0.4, -0.2) is 40.5 Å². The Labute approximate surface area is 148 Å². The predicted octanol–water partition coefficient (Wildman–Crippen LogP) is 2.44. The summed E-state index contributed by atoms with van der Waals surface area (Å²) >= 11 is 1.46. The number of hydrogen-bond donors (Lipinski definition) is 1. The van der Waals surface area contributed by atoms with E-state index < -0.39 is 0 Å². The highest BCUT2D eigenvalue weighted by atomic mass is 32.1. The van der Waals surface area contributed by atoms with E-state index in [-0.39, 0.29) is 24.0 Å². The molecule has 0 aliphatic carbocycles. The number of methoxy groups -OCH3 is 1. The summed E-state index contributed by atoms with van der Waals surface area (Å²) in [6, 6.07) is 7.74. The van der Waals surface area contributed by atoms with Gasteiger partial charge in [0.05, 0.1) is 17.3 Å². The molecule has 1 amide bonds. The number of fused-ring (bicyclic) bond motifs is 1. The van der Waals surface area contributed by atoms with Gasteiger partial charge in [-0.3, -0.25) is 9.59 Å². The predicted molar refractivity (Wildman–Crippen MR) is 94.2 cm³/mol. The maximum atomic E-state index is 12.4. The maximum absolute atomic E-state index is 12.4. The number of nitrogens with zero attached hydrogens (tertiary/aromatic N) is 3. The molecule has 0 aliphatic rings. The van der Waals surface area contributed by atoms with E-state index in [0.717, 1.165) is 10.2 Å². The number of thiazole rings is 1. The van der Waals surface area contributed by atoms with Gasteiger partial charge >= 0.3 is 5.97 Å². The smallest absolute Gasteiger partial charge is 0.305 e. The molecule has 3 aromatic rings. The van der Waals surface area contributed by atoms with E-state index in [9.17, 15) is 9.59 Å². The average Bonchev–Trinajstić information content (AvgIpc) is 3.09. The van der Waals surface area contributed by atoms with Gasteiger partial charge in [-0.05, 0) is 18.6 Å². The number of nitrogens with one attached hydrogen (secondary N) is 1. The van der Waals surface area contributed by atoms with Crippen molar-refractivity contribution in [2.75, 3.05) is 13.7 Å². The molecule has 1 aromatic carbocycles. The summed E-state index contributed by atoms with van der Waals surface area (Å²) in [5, 5.41) is 3.40. The van der Waals surface area contributed by atoms with Gasteiger partial charge in [-0.2, -0.15) is 0 Å². The summed E-state index contributed by atoms with van der Waals surface area (Å²) in [5.41, 5.74) is 1.53. The molecule has 0 saturated heterocycles. The lowest BCUT2D eigenvalue weighted by molar-refractivity contribution is -0.140. The van der Waals surface area contributed by atoms with Gasteiger partial charge in [-0.15, -0.1) is 11.3 Å². The molecule has 7 nitrogen and oxygen atoms in total. The number of esters is 1. The van der Waals surface area contributed by atoms with Gasteiger partial charge in [-0.1, -0.05) is 12.1 Å². The number of amides is 1. The third kappa shape index (κ3) is 3.97. The third-order valence-electron chi connectivity index (χ3n) is 3.48. The molecule has 128 valence electrons. The zero-order valence-electron chi connectivity index (χ0n) is 13.6. The van der Waals surface area contributed by atoms with Crippen LogP contribution in [-0.2, 0) is 9.53 Å². The Balaban J connectivity index is 1.76. The van der Waals surface area contributed by atoms with Crippen molar-refractivity contribution in [3.63, 3.8) is 0 Å². The Morgan fingerprint density at radius 3 is 2.80 bits per heavy atom. The first kappa shape index (κ1) is 17.0. The largest absolute Gasteiger partial charge is 0.469 e. The van der Waals surface area contributed by atoms with Crippen LogP contribution in [0.2, 0.25) is 0 Å². The minimum Gasteiger partial charge on any atom is -0.469 e. The zero-order chi connectivity index (χ0) is 17.6. The average molecular weight is 356 g/mol. The molecular formula is C17H16N4O3S. The number of para-hydroxylation sites is 1. The number of aromatic nitrogens is 3. The Kier molecular flexibility index (Phi) is 5.30. The fourth-order valence-electron chi connectivity index (χ4n) is 2.25. The van der Waals surface area contributed by atoms with Crippen LogP contribution in [0.4, 0.5) is 0 Å². The van der Waals surface area contributed by atoms with Crippen molar-refractivity contribution in [2.24, 2.45) is 0 Å². The van der Waals surface area contributed by atoms with Crippen molar-refractivity contribution >= 4 is 33.4 Å². The number of hydrogen-bond acceptors (Lipinski definition) is 7. The Hall–Kier alpha value is -2.87. The maximum Gasteiger partial charge on any atom is 0.305 e. The summed E-state index contributed by atoms with van der Waals surface area (Å²) in [5.74, 6) is -0.642. The molecule has 3 rings (SSSR count). The van der Waals surface area contributed by atoms with E-state index in [1.165, 1.54) is 30.8 Å². The first-order valence-electron chi connectivity index (χ1n) is 7.71. The van der Waals surface area contributed by atoms with Crippen molar-refractivity contribution in [1.82, 2.24) is 20.3 Å². The second-order valence-electron chi connectivity index (χ2n) is 5.18. The minimum atomic E-state index is -0.341. The van der Waals surface area contributed by atoms with Crippen LogP contribution < -0.4 is 5.32 Å². The molecular weight excluding hydrogens is 340 g/mol. The minimum absolute atomic E-state index is 0.222. The number of benzene rings is 1. The first-order chi connectivity index (χ1) is 12.2. The van der Waals surface area contributed by atoms with Crippen molar-refractivity contribution < 1.29 is 14.3 Å². The van der Waals surface area contributed by atoms with Crippen molar-refractivity contribution in [3.05, 3.63) is 42.4 Å². The number of carbonyl (C=O) groups is 2. The molecule has 1 N–H and O–H groups in total. The molecule has 8 heteroatoms. The number of rotatable bonds is 6. The first-order valence-corrected chi connectivity index (χ1v) is 8.52. The lowest BCUT2D eigenvalue weighted by Crippen LogP contribution is -2.26. The molecule has 0 aliphatic heterocycles. The van der Waals surface area contributed by atoms with Gasteiger partial charge in [0.15, 0.2) is 5.69 Å². The highest BCUT2D eigenvalue weighted by Gasteiger charge is 2.18. The molecule has 25 heavy (non-hydrogen) atoms. The van der Waals surface area contributed by atoms with Crippen molar-refractivity contribution in [2.45, 2.75) is 12.8 Å². The SMILES string of the molecule is COC(=O)CCCNC(=O)c1nccnc1-c1nc2ccccc2s1. The van der Waals surface area contributed by atoms with Gasteiger partial charge in [0, 0.05) is 25.4 Å². The number of ether oxygens (including phenoxy) is 1. The lowest BCUT2D eigenvalue weighted by atomic mass is 10.2. The van der Waals surface area contributed by atoms with Crippen LogP contribution >= 0.6 is 11.3 Å². The topological polar surface area (TPSA) is 94.1 Å². The lowest BCUT2D eigenvalue weighted by Gasteiger charge is -2.06. The van der Waals surface area contributed by atoms with Gasteiger partial charge in [0.25, 0.3) is 5.91 Å². The quantitative estimate of drug-likeness (QED) is 0.538. The van der Waals surface area contributed by atoms with Gasteiger partial charge in [0.2, 0.25) is 0 Å². The molecule has 0 bridgehead atoms. The van der Waals surface area contributed by atoms with E-state index in [0.29, 0.717) is 23.7 Å². The normalized spacial score (nSPS) is 10.6.